The predicted octanol–water partition coefficient (Wildman–Crippen LogP) is 4.69. The monoisotopic (exact) mass is 324 g/mol. The summed E-state index contributed by atoms with van der Waals surface area (Å²) in [5, 5.41) is 0. The first-order chi connectivity index (χ1) is 8.69. The number of benzene rings is 2. The summed E-state index contributed by atoms with van der Waals surface area (Å²) < 4.78 is 14.3. The Morgan fingerprint density at radius 2 is 1.89 bits per heavy atom. The fourth-order valence-corrected chi connectivity index (χ4v) is 2.66. The minimum Gasteiger partial charge on any atom is -0.298 e. The summed E-state index contributed by atoms with van der Waals surface area (Å²) >= 11 is 4.77. The molecule has 2 aromatic rings. The second-order valence-corrected chi connectivity index (χ2v) is 5.68. The third-order valence-corrected chi connectivity index (χ3v) is 3.98. The molecule has 0 aliphatic carbocycles. The maximum atomic E-state index is 13.6. The van der Waals surface area contributed by atoms with Gasteiger partial charge in [0.15, 0.2) is 0 Å². The molecule has 0 radical (unpaired) electrons. The van der Waals surface area contributed by atoms with Gasteiger partial charge in [0, 0.05) is 20.7 Å². The first-order valence-electron chi connectivity index (χ1n) is 5.31. The quantitative estimate of drug-likeness (QED) is 0.599. The molecular weight excluding hydrogens is 315 g/mol. The van der Waals surface area contributed by atoms with E-state index < -0.39 is 0 Å². The van der Waals surface area contributed by atoms with Gasteiger partial charge < -0.3 is 0 Å². The van der Waals surface area contributed by atoms with E-state index in [1.807, 2.05) is 18.2 Å². The van der Waals surface area contributed by atoms with Crippen molar-refractivity contribution in [3.8, 4) is 0 Å². The zero-order valence-electron chi connectivity index (χ0n) is 9.40. The highest BCUT2D eigenvalue weighted by Gasteiger charge is 2.03. The highest BCUT2D eigenvalue weighted by molar-refractivity contribution is 9.10. The van der Waals surface area contributed by atoms with Crippen LogP contribution in [0.25, 0.3) is 0 Å². The third-order valence-electron chi connectivity index (χ3n) is 2.43. The summed E-state index contributed by atoms with van der Waals surface area (Å²) in [5.74, 6) is 0.362. The molecule has 0 fully saturated rings. The number of hydrogen-bond acceptors (Lipinski definition) is 2. The lowest BCUT2D eigenvalue weighted by atomic mass is 10.2. The molecule has 0 bridgehead atoms. The van der Waals surface area contributed by atoms with E-state index in [0.29, 0.717) is 16.9 Å². The topological polar surface area (TPSA) is 17.1 Å². The molecule has 2 rings (SSSR count). The van der Waals surface area contributed by atoms with Gasteiger partial charge in [-0.05, 0) is 29.8 Å². The Hall–Kier alpha value is -1.13. The van der Waals surface area contributed by atoms with Crippen LogP contribution in [0, 0.1) is 5.82 Å². The zero-order valence-corrected chi connectivity index (χ0v) is 11.8. The van der Waals surface area contributed by atoms with Crippen LogP contribution >= 0.6 is 27.7 Å². The fraction of sp³-hybridized carbons (Fsp3) is 0.0714. The van der Waals surface area contributed by atoms with Crippen molar-refractivity contribution in [2.75, 3.05) is 0 Å². The molecule has 18 heavy (non-hydrogen) atoms. The lowest BCUT2D eigenvalue weighted by molar-refractivity contribution is 0.112. The number of halogens is 2. The Morgan fingerprint density at radius 3 is 2.50 bits per heavy atom. The molecule has 1 nitrogen and oxygen atoms in total. The Morgan fingerprint density at radius 1 is 1.17 bits per heavy atom. The average Bonchev–Trinajstić information content (AvgIpc) is 2.38. The van der Waals surface area contributed by atoms with Gasteiger partial charge in [0.2, 0.25) is 0 Å². The molecule has 92 valence electrons. The Kier molecular flexibility index (Phi) is 4.55. The molecular formula is C14H10BrFOS. The van der Waals surface area contributed by atoms with Gasteiger partial charge in [-0.25, -0.2) is 4.39 Å². The molecule has 0 unspecified atom stereocenters. The number of aldehydes is 1. The van der Waals surface area contributed by atoms with Gasteiger partial charge in [-0.15, -0.1) is 11.8 Å². The van der Waals surface area contributed by atoms with Crippen LogP contribution in [-0.4, -0.2) is 6.29 Å². The van der Waals surface area contributed by atoms with E-state index in [9.17, 15) is 9.18 Å². The van der Waals surface area contributed by atoms with E-state index in [1.54, 1.807) is 30.0 Å². The first kappa shape index (κ1) is 13.3. The second kappa shape index (κ2) is 6.16. The van der Waals surface area contributed by atoms with Gasteiger partial charge in [0.05, 0.1) is 0 Å². The molecule has 0 amide bonds. The minimum absolute atomic E-state index is 0.207. The van der Waals surface area contributed by atoms with Gasteiger partial charge in [-0.3, -0.25) is 4.79 Å². The summed E-state index contributed by atoms with van der Waals surface area (Å²) in [7, 11) is 0. The van der Waals surface area contributed by atoms with E-state index in [-0.39, 0.29) is 5.82 Å². The van der Waals surface area contributed by atoms with E-state index in [0.717, 1.165) is 15.7 Å². The number of hydrogen-bond donors (Lipinski definition) is 0. The maximum Gasteiger partial charge on any atom is 0.150 e. The van der Waals surface area contributed by atoms with Crippen molar-refractivity contribution in [2.24, 2.45) is 0 Å². The molecule has 0 atom stereocenters. The molecule has 0 spiro atoms. The van der Waals surface area contributed by atoms with Crippen LogP contribution in [0.5, 0.6) is 0 Å². The molecule has 0 saturated heterocycles. The summed E-state index contributed by atoms with van der Waals surface area (Å²) in [5.41, 5.74) is 1.32. The summed E-state index contributed by atoms with van der Waals surface area (Å²) in [6.45, 7) is 0. The normalized spacial score (nSPS) is 10.3. The maximum absolute atomic E-state index is 13.6. The van der Waals surface area contributed by atoms with E-state index in [2.05, 4.69) is 15.9 Å². The van der Waals surface area contributed by atoms with Crippen molar-refractivity contribution in [1.82, 2.24) is 0 Å². The standard InChI is InChI=1S/C14H10BrFOS/c15-12-4-3-11(14(16)7-12)9-18-13-5-1-10(8-17)2-6-13/h1-8H,9H2. The van der Waals surface area contributed by atoms with Crippen molar-refractivity contribution in [3.05, 3.63) is 63.9 Å². The molecule has 0 N–H and O–H groups in total. The van der Waals surface area contributed by atoms with Crippen LogP contribution in [0.3, 0.4) is 0 Å². The Labute approximate surface area is 118 Å². The van der Waals surface area contributed by atoms with E-state index in [1.165, 1.54) is 6.07 Å². The highest BCUT2D eigenvalue weighted by atomic mass is 79.9. The van der Waals surface area contributed by atoms with Crippen molar-refractivity contribution < 1.29 is 9.18 Å². The zero-order chi connectivity index (χ0) is 13.0. The van der Waals surface area contributed by atoms with Gasteiger partial charge >= 0.3 is 0 Å². The van der Waals surface area contributed by atoms with Crippen LogP contribution in [0.1, 0.15) is 15.9 Å². The minimum atomic E-state index is -0.207. The highest BCUT2D eigenvalue weighted by Crippen LogP contribution is 2.25. The first-order valence-corrected chi connectivity index (χ1v) is 7.09. The molecule has 0 aromatic heterocycles. The number of rotatable bonds is 4. The van der Waals surface area contributed by atoms with Crippen LogP contribution in [0.4, 0.5) is 4.39 Å². The molecule has 0 heterocycles. The smallest absolute Gasteiger partial charge is 0.150 e. The SMILES string of the molecule is O=Cc1ccc(SCc2ccc(Br)cc2F)cc1. The van der Waals surface area contributed by atoms with Crippen molar-refractivity contribution in [1.29, 1.82) is 0 Å². The van der Waals surface area contributed by atoms with Crippen LogP contribution in [0.15, 0.2) is 51.8 Å². The van der Waals surface area contributed by atoms with Gasteiger partial charge in [-0.2, -0.15) is 0 Å². The van der Waals surface area contributed by atoms with Gasteiger partial charge in [0.1, 0.15) is 12.1 Å². The lowest BCUT2D eigenvalue weighted by Crippen LogP contribution is -1.87. The molecule has 2 aromatic carbocycles. The third kappa shape index (κ3) is 3.43. The molecule has 0 aliphatic heterocycles. The fourth-order valence-electron chi connectivity index (χ4n) is 1.44. The number of carbonyl (C=O) groups is 1. The number of thioether (sulfide) groups is 1. The van der Waals surface area contributed by atoms with Crippen LogP contribution in [-0.2, 0) is 5.75 Å². The van der Waals surface area contributed by atoms with Crippen molar-refractivity contribution in [3.63, 3.8) is 0 Å². The van der Waals surface area contributed by atoms with Crippen molar-refractivity contribution >= 4 is 34.0 Å². The van der Waals surface area contributed by atoms with Crippen molar-refractivity contribution in [2.45, 2.75) is 10.6 Å². The Balaban J connectivity index is 2.04. The summed E-state index contributed by atoms with van der Waals surface area (Å²) in [6.07, 6.45) is 0.808. The van der Waals surface area contributed by atoms with Crippen LogP contribution in [0.2, 0.25) is 0 Å². The lowest BCUT2D eigenvalue weighted by Gasteiger charge is -2.04. The average molecular weight is 325 g/mol. The summed E-state index contributed by atoms with van der Waals surface area (Å²) in [6, 6.07) is 12.3. The summed E-state index contributed by atoms with van der Waals surface area (Å²) in [4.78, 5) is 11.5. The Bertz CT molecular complexity index is 554. The van der Waals surface area contributed by atoms with E-state index in [4.69, 9.17) is 0 Å². The molecule has 0 saturated carbocycles. The largest absolute Gasteiger partial charge is 0.298 e. The second-order valence-electron chi connectivity index (χ2n) is 3.71. The molecule has 4 heteroatoms. The van der Waals surface area contributed by atoms with E-state index >= 15 is 0 Å². The molecule has 0 aliphatic rings. The predicted molar refractivity (Wildman–Crippen MR) is 75.5 cm³/mol. The van der Waals surface area contributed by atoms with Gasteiger partial charge in [-0.1, -0.05) is 34.1 Å². The van der Waals surface area contributed by atoms with Gasteiger partial charge in [0.25, 0.3) is 0 Å². The van der Waals surface area contributed by atoms with Crippen LogP contribution < -0.4 is 0 Å². The number of carbonyl (C=O) groups excluding carboxylic acids is 1.